The SMILES string of the molecule is CON=C(C)C1(ONC(=O)OC(C)(C)C)C(=O)N(C)N=C1C. The molecule has 1 aliphatic rings. The summed E-state index contributed by atoms with van der Waals surface area (Å²) in [5, 5.41) is 8.88. The minimum absolute atomic E-state index is 0.196. The Kier molecular flexibility index (Phi) is 5.13. The van der Waals surface area contributed by atoms with Crippen molar-refractivity contribution in [2.24, 2.45) is 10.3 Å². The highest BCUT2D eigenvalue weighted by molar-refractivity contribution is 6.31. The number of rotatable bonds is 4. The molecule has 1 rings (SSSR count). The average Bonchev–Trinajstić information content (AvgIpc) is 2.57. The molecule has 1 heterocycles. The van der Waals surface area contributed by atoms with E-state index in [2.05, 4.69) is 15.7 Å². The van der Waals surface area contributed by atoms with Crippen molar-refractivity contribution in [1.82, 2.24) is 10.5 Å². The second-order valence-electron chi connectivity index (χ2n) is 5.76. The Balaban J connectivity index is 3.01. The number of nitrogens with one attached hydrogen (secondary N) is 1. The Morgan fingerprint density at radius 2 is 2.00 bits per heavy atom. The van der Waals surface area contributed by atoms with Gasteiger partial charge in [0.2, 0.25) is 0 Å². The lowest BCUT2D eigenvalue weighted by molar-refractivity contribution is -0.144. The van der Waals surface area contributed by atoms with Crippen molar-refractivity contribution < 1.29 is 24.0 Å². The van der Waals surface area contributed by atoms with E-state index in [-0.39, 0.29) is 5.71 Å². The summed E-state index contributed by atoms with van der Waals surface area (Å²) in [5.74, 6) is -0.501. The highest BCUT2D eigenvalue weighted by atomic mass is 16.7. The Morgan fingerprint density at radius 1 is 1.41 bits per heavy atom. The largest absolute Gasteiger partial charge is 0.442 e. The van der Waals surface area contributed by atoms with Gasteiger partial charge in [0.15, 0.2) is 0 Å². The number of hydrazone groups is 1. The van der Waals surface area contributed by atoms with Gasteiger partial charge in [0.25, 0.3) is 11.5 Å². The summed E-state index contributed by atoms with van der Waals surface area (Å²) in [6.45, 7) is 8.26. The fourth-order valence-electron chi connectivity index (χ4n) is 1.95. The van der Waals surface area contributed by atoms with Gasteiger partial charge in [-0.2, -0.15) is 10.6 Å². The van der Waals surface area contributed by atoms with E-state index < -0.39 is 23.2 Å². The van der Waals surface area contributed by atoms with E-state index in [0.29, 0.717) is 5.71 Å². The minimum atomic E-state index is -1.65. The van der Waals surface area contributed by atoms with Gasteiger partial charge in [-0.15, -0.1) is 0 Å². The lowest BCUT2D eigenvalue weighted by Gasteiger charge is -2.27. The summed E-state index contributed by atoms with van der Waals surface area (Å²) in [7, 11) is 2.82. The van der Waals surface area contributed by atoms with Gasteiger partial charge in [-0.3, -0.25) is 4.79 Å². The number of amides is 2. The molecule has 9 nitrogen and oxygen atoms in total. The van der Waals surface area contributed by atoms with Crippen LogP contribution in [0.25, 0.3) is 0 Å². The lowest BCUT2D eigenvalue weighted by atomic mass is 9.93. The van der Waals surface area contributed by atoms with E-state index in [0.717, 1.165) is 5.01 Å². The average molecular weight is 314 g/mol. The molecular formula is C13H22N4O5. The number of hydrogen-bond acceptors (Lipinski definition) is 7. The van der Waals surface area contributed by atoms with Crippen LogP contribution in [0.5, 0.6) is 0 Å². The van der Waals surface area contributed by atoms with Gasteiger partial charge < -0.3 is 9.57 Å². The molecule has 0 aromatic carbocycles. The molecule has 0 radical (unpaired) electrons. The molecule has 1 unspecified atom stereocenters. The van der Waals surface area contributed by atoms with Crippen molar-refractivity contribution in [1.29, 1.82) is 0 Å². The number of oxime groups is 1. The van der Waals surface area contributed by atoms with Crippen molar-refractivity contribution in [2.75, 3.05) is 14.2 Å². The maximum absolute atomic E-state index is 12.4. The summed E-state index contributed by atoms with van der Waals surface area (Å²) in [6.07, 6.45) is -0.827. The fourth-order valence-corrected chi connectivity index (χ4v) is 1.95. The zero-order valence-electron chi connectivity index (χ0n) is 13.9. The van der Waals surface area contributed by atoms with E-state index >= 15 is 0 Å². The summed E-state index contributed by atoms with van der Waals surface area (Å²) in [4.78, 5) is 34.2. The summed E-state index contributed by atoms with van der Waals surface area (Å²) in [5.41, 5.74) is 0.277. The standard InChI is InChI=1S/C13H22N4O5/c1-8-13(9(2)15-20-7,10(18)17(6)14-8)22-16-11(19)21-12(3,4)5/h1-7H3,(H,16,19). The molecule has 0 aliphatic carbocycles. The number of likely N-dealkylation sites (N-methyl/N-ethyl adjacent to an activating group) is 1. The molecule has 2 amide bonds. The van der Waals surface area contributed by atoms with Gasteiger partial charge in [0, 0.05) is 7.05 Å². The Bertz CT molecular complexity index is 523. The first-order valence-electron chi connectivity index (χ1n) is 6.63. The molecular weight excluding hydrogens is 292 g/mol. The molecule has 0 bridgehead atoms. The maximum atomic E-state index is 12.4. The zero-order valence-corrected chi connectivity index (χ0v) is 13.9. The highest BCUT2D eigenvalue weighted by Crippen LogP contribution is 2.25. The van der Waals surface area contributed by atoms with Crippen molar-refractivity contribution in [3.8, 4) is 0 Å². The predicted octanol–water partition coefficient (Wildman–Crippen LogP) is 1.05. The van der Waals surface area contributed by atoms with E-state index in [9.17, 15) is 9.59 Å². The van der Waals surface area contributed by atoms with Crippen LogP contribution in [0, 0.1) is 0 Å². The van der Waals surface area contributed by atoms with E-state index in [1.165, 1.54) is 21.1 Å². The molecule has 124 valence electrons. The second-order valence-corrected chi connectivity index (χ2v) is 5.76. The van der Waals surface area contributed by atoms with Gasteiger partial charge in [-0.1, -0.05) is 5.16 Å². The molecule has 1 N–H and O–H groups in total. The van der Waals surface area contributed by atoms with Crippen LogP contribution in [0.1, 0.15) is 34.6 Å². The van der Waals surface area contributed by atoms with E-state index in [1.54, 1.807) is 27.7 Å². The number of nitrogens with zero attached hydrogens (tertiary/aromatic N) is 3. The van der Waals surface area contributed by atoms with E-state index in [1.807, 2.05) is 0 Å². The topological polar surface area (TPSA) is 102 Å². The number of ether oxygens (including phenoxy) is 1. The predicted molar refractivity (Wildman–Crippen MR) is 79.2 cm³/mol. The Hall–Kier alpha value is -2.16. The van der Waals surface area contributed by atoms with Crippen molar-refractivity contribution in [3.63, 3.8) is 0 Å². The zero-order chi connectivity index (χ0) is 17.1. The fraction of sp³-hybridized carbons (Fsp3) is 0.692. The van der Waals surface area contributed by atoms with Crippen molar-refractivity contribution in [2.45, 2.75) is 45.8 Å². The summed E-state index contributed by atoms with van der Waals surface area (Å²) >= 11 is 0. The molecule has 0 spiro atoms. The number of carbonyl (C=O) groups excluding carboxylic acids is 2. The molecule has 0 saturated carbocycles. The Morgan fingerprint density at radius 3 is 2.41 bits per heavy atom. The molecule has 1 atom stereocenters. The third-order valence-corrected chi connectivity index (χ3v) is 2.83. The maximum Gasteiger partial charge on any atom is 0.431 e. The normalized spacial score (nSPS) is 22.5. The van der Waals surface area contributed by atoms with Crippen LogP contribution in [-0.2, 0) is 19.2 Å². The summed E-state index contributed by atoms with van der Waals surface area (Å²) in [6, 6.07) is 0. The summed E-state index contributed by atoms with van der Waals surface area (Å²) < 4.78 is 5.07. The van der Waals surface area contributed by atoms with Gasteiger partial charge in [-0.05, 0) is 34.6 Å². The molecule has 0 fully saturated rings. The van der Waals surface area contributed by atoms with Gasteiger partial charge in [-0.25, -0.2) is 14.6 Å². The molecule has 1 aliphatic heterocycles. The molecule has 9 heteroatoms. The van der Waals surface area contributed by atoms with Gasteiger partial charge in [0.05, 0.1) is 5.71 Å². The van der Waals surface area contributed by atoms with Crippen LogP contribution < -0.4 is 5.48 Å². The third kappa shape index (κ3) is 3.53. The van der Waals surface area contributed by atoms with Crippen LogP contribution in [0.2, 0.25) is 0 Å². The lowest BCUT2D eigenvalue weighted by Crippen LogP contribution is -2.57. The monoisotopic (exact) mass is 314 g/mol. The number of hydrogen-bond donors (Lipinski definition) is 1. The van der Waals surface area contributed by atoms with Crippen LogP contribution in [-0.4, -0.2) is 53.8 Å². The molecule has 22 heavy (non-hydrogen) atoms. The van der Waals surface area contributed by atoms with Crippen LogP contribution in [0.3, 0.4) is 0 Å². The van der Waals surface area contributed by atoms with Crippen LogP contribution in [0.4, 0.5) is 4.79 Å². The van der Waals surface area contributed by atoms with Crippen molar-refractivity contribution >= 4 is 23.4 Å². The van der Waals surface area contributed by atoms with E-state index in [4.69, 9.17) is 14.4 Å². The number of hydroxylamine groups is 1. The quantitative estimate of drug-likeness (QED) is 0.617. The first kappa shape index (κ1) is 17.9. The Labute approximate surface area is 129 Å². The number of carbonyl (C=O) groups is 2. The minimum Gasteiger partial charge on any atom is -0.442 e. The smallest absolute Gasteiger partial charge is 0.431 e. The third-order valence-electron chi connectivity index (χ3n) is 2.83. The second kappa shape index (κ2) is 6.30. The van der Waals surface area contributed by atoms with Gasteiger partial charge in [0.1, 0.15) is 18.4 Å². The first-order valence-corrected chi connectivity index (χ1v) is 6.63. The molecule has 0 aromatic heterocycles. The van der Waals surface area contributed by atoms with Crippen molar-refractivity contribution in [3.05, 3.63) is 0 Å². The van der Waals surface area contributed by atoms with Gasteiger partial charge >= 0.3 is 6.09 Å². The molecule has 0 saturated heterocycles. The van der Waals surface area contributed by atoms with Crippen LogP contribution >= 0.6 is 0 Å². The first-order chi connectivity index (χ1) is 10.0. The highest BCUT2D eigenvalue weighted by Gasteiger charge is 2.54. The van der Waals surface area contributed by atoms with Crippen LogP contribution in [0.15, 0.2) is 10.3 Å². The molecule has 0 aromatic rings.